The molecule has 1 aliphatic rings. The van der Waals surface area contributed by atoms with Crippen molar-refractivity contribution in [1.29, 1.82) is 0 Å². The van der Waals surface area contributed by atoms with Gasteiger partial charge in [0.15, 0.2) is 9.84 Å². The number of carbonyl (C=O) groups excluding carboxylic acids is 1. The highest BCUT2D eigenvalue weighted by molar-refractivity contribution is 7.91. The first-order chi connectivity index (χ1) is 9.93. The quantitative estimate of drug-likeness (QED) is 0.832. The lowest BCUT2D eigenvalue weighted by molar-refractivity contribution is 0.0693. The summed E-state index contributed by atoms with van der Waals surface area (Å²) >= 11 is 0. The van der Waals surface area contributed by atoms with E-state index in [9.17, 15) is 13.2 Å². The van der Waals surface area contributed by atoms with E-state index in [1.807, 2.05) is 6.92 Å². The average molecular weight is 310 g/mol. The van der Waals surface area contributed by atoms with Crippen LogP contribution in [0.1, 0.15) is 42.2 Å². The van der Waals surface area contributed by atoms with E-state index in [4.69, 9.17) is 0 Å². The number of pyridine rings is 1. The maximum atomic E-state index is 12.7. The summed E-state index contributed by atoms with van der Waals surface area (Å²) < 4.78 is 23.3. The zero-order chi connectivity index (χ0) is 15.5. The third kappa shape index (κ3) is 4.03. The minimum absolute atomic E-state index is 0.0851. The van der Waals surface area contributed by atoms with E-state index in [-0.39, 0.29) is 23.5 Å². The van der Waals surface area contributed by atoms with Gasteiger partial charge in [-0.25, -0.2) is 8.42 Å². The molecule has 0 aliphatic carbocycles. The summed E-state index contributed by atoms with van der Waals surface area (Å²) in [6.45, 7) is 4.53. The van der Waals surface area contributed by atoms with Crippen LogP contribution in [0.4, 0.5) is 0 Å². The smallest absolute Gasteiger partial charge is 0.255 e. The van der Waals surface area contributed by atoms with Gasteiger partial charge < -0.3 is 4.90 Å². The monoisotopic (exact) mass is 310 g/mol. The van der Waals surface area contributed by atoms with E-state index >= 15 is 0 Å². The second-order valence-electron chi connectivity index (χ2n) is 5.60. The molecule has 1 aromatic heterocycles. The molecule has 5 nitrogen and oxygen atoms in total. The number of hydrogen-bond donors (Lipinski definition) is 0. The van der Waals surface area contributed by atoms with Gasteiger partial charge in [-0.2, -0.15) is 0 Å². The van der Waals surface area contributed by atoms with Crippen LogP contribution in [0, 0.1) is 6.92 Å². The summed E-state index contributed by atoms with van der Waals surface area (Å²) in [5.41, 5.74) is 1.39. The molecule has 1 unspecified atom stereocenters. The molecule has 1 aromatic rings. The highest BCUT2D eigenvalue weighted by Gasteiger charge is 2.34. The molecule has 0 N–H and O–H groups in total. The summed E-state index contributed by atoms with van der Waals surface area (Å²) in [6, 6.07) is 3.36. The Morgan fingerprint density at radius 3 is 2.71 bits per heavy atom. The van der Waals surface area contributed by atoms with Crippen molar-refractivity contribution in [3.63, 3.8) is 0 Å². The fourth-order valence-electron chi connectivity index (χ4n) is 2.56. The van der Waals surface area contributed by atoms with Crippen LogP contribution in [-0.4, -0.2) is 48.3 Å². The van der Waals surface area contributed by atoms with Crippen molar-refractivity contribution in [2.24, 2.45) is 0 Å². The molecule has 2 rings (SSSR count). The van der Waals surface area contributed by atoms with E-state index in [0.29, 0.717) is 18.5 Å². The van der Waals surface area contributed by atoms with Crippen molar-refractivity contribution < 1.29 is 13.2 Å². The molecule has 21 heavy (non-hydrogen) atoms. The zero-order valence-electron chi connectivity index (χ0n) is 12.6. The van der Waals surface area contributed by atoms with Crippen LogP contribution in [-0.2, 0) is 9.84 Å². The SMILES string of the molecule is CCCCN(C(=O)c1ccc(C)nc1)C1CCS(=O)(=O)C1. The minimum atomic E-state index is -3.00. The van der Waals surface area contributed by atoms with Gasteiger partial charge in [0, 0.05) is 24.5 Å². The molecule has 1 atom stereocenters. The van der Waals surface area contributed by atoms with Crippen molar-refractivity contribution in [3.05, 3.63) is 29.6 Å². The standard InChI is InChI=1S/C15H22N2O3S/c1-3-4-8-17(14-7-9-21(19,20)11-14)15(18)13-6-5-12(2)16-10-13/h5-6,10,14H,3-4,7-9,11H2,1-2H3. The van der Waals surface area contributed by atoms with E-state index in [1.54, 1.807) is 23.2 Å². The predicted octanol–water partition coefficient (Wildman–Crippen LogP) is 1.82. The van der Waals surface area contributed by atoms with E-state index in [2.05, 4.69) is 11.9 Å². The van der Waals surface area contributed by atoms with Crippen LogP contribution in [0.3, 0.4) is 0 Å². The topological polar surface area (TPSA) is 67.3 Å². The maximum Gasteiger partial charge on any atom is 0.255 e. The number of aromatic nitrogens is 1. The minimum Gasteiger partial charge on any atom is -0.335 e. The van der Waals surface area contributed by atoms with Crippen LogP contribution in [0.5, 0.6) is 0 Å². The van der Waals surface area contributed by atoms with E-state index < -0.39 is 9.84 Å². The van der Waals surface area contributed by atoms with Crippen molar-refractivity contribution in [1.82, 2.24) is 9.88 Å². The Labute approximate surface area is 126 Å². The summed E-state index contributed by atoms with van der Waals surface area (Å²) in [5.74, 6) is 0.152. The largest absolute Gasteiger partial charge is 0.335 e. The van der Waals surface area contributed by atoms with Gasteiger partial charge in [-0.1, -0.05) is 13.3 Å². The van der Waals surface area contributed by atoms with Crippen molar-refractivity contribution in [2.45, 2.75) is 39.2 Å². The first-order valence-electron chi connectivity index (χ1n) is 7.37. The molecule has 1 saturated heterocycles. The first kappa shape index (κ1) is 15.9. The molecule has 0 saturated carbocycles. The van der Waals surface area contributed by atoms with Gasteiger partial charge in [-0.05, 0) is 31.9 Å². The predicted molar refractivity (Wildman–Crippen MR) is 82.0 cm³/mol. The van der Waals surface area contributed by atoms with E-state index in [1.165, 1.54) is 0 Å². The summed E-state index contributed by atoms with van der Waals surface area (Å²) in [6.07, 6.45) is 3.95. The van der Waals surface area contributed by atoms with Gasteiger partial charge >= 0.3 is 0 Å². The number of aryl methyl sites for hydroxylation is 1. The van der Waals surface area contributed by atoms with Gasteiger partial charge in [0.05, 0.1) is 17.1 Å². The maximum absolute atomic E-state index is 12.7. The molecule has 2 heterocycles. The second kappa shape index (κ2) is 6.56. The number of unbranched alkanes of at least 4 members (excludes halogenated alkanes) is 1. The molecule has 0 radical (unpaired) electrons. The van der Waals surface area contributed by atoms with Crippen LogP contribution >= 0.6 is 0 Å². The Morgan fingerprint density at radius 1 is 1.43 bits per heavy atom. The molecule has 116 valence electrons. The molecule has 0 aromatic carbocycles. The number of hydrogen-bond acceptors (Lipinski definition) is 4. The number of rotatable bonds is 5. The molecule has 1 aliphatic heterocycles. The molecule has 0 bridgehead atoms. The molecule has 1 fully saturated rings. The Hall–Kier alpha value is -1.43. The Balaban J connectivity index is 2.19. The van der Waals surface area contributed by atoms with E-state index in [0.717, 1.165) is 18.5 Å². The van der Waals surface area contributed by atoms with Crippen molar-refractivity contribution in [2.75, 3.05) is 18.1 Å². The second-order valence-corrected chi connectivity index (χ2v) is 7.83. The Bertz CT molecular complexity index is 596. The molecule has 6 heteroatoms. The fourth-order valence-corrected chi connectivity index (χ4v) is 4.29. The number of carbonyl (C=O) groups is 1. The van der Waals surface area contributed by atoms with Crippen LogP contribution in [0.15, 0.2) is 18.3 Å². The third-order valence-corrected chi connectivity index (χ3v) is 5.57. The zero-order valence-corrected chi connectivity index (χ0v) is 13.4. The molecular weight excluding hydrogens is 288 g/mol. The average Bonchev–Trinajstić information content (AvgIpc) is 2.80. The van der Waals surface area contributed by atoms with Crippen molar-refractivity contribution >= 4 is 15.7 Å². The third-order valence-electron chi connectivity index (χ3n) is 3.82. The summed E-state index contributed by atoms with van der Waals surface area (Å²) in [7, 11) is -3.00. The van der Waals surface area contributed by atoms with Crippen LogP contribution in [0.2, 0.25) is 0 Å². The highest BCUT2D eigenvalue weighted by atomic mass is 32.2. The van der Waals surface area contributed by atoms with Gasteiger partial charge in [0.2, 0.25) is 0 Å². The fraction of sp³-hybridized carbons (Fsp3) is 0.600. The number of sulfone groups is 1. The number of amides is 1. The van der Waals surface area contributed by atoms with Gasteiger partial charge in [-0.3, -0.25) is 9.78 Å². The number of nitrogens with zero attached hydrogens (tertiary/aromatic N) is 2. The lowest BCUT2D eigenvalue weighted by atomic mass is 10.1. The summed E-state index contributed by atoms with van der Waals surface area (Å²) in [4.78, 5) is 18.5. The summed E-state index contributed by atoms with van der Waals surface area (Å²) in [5, 5.41) is 0. The first-order valence-corrected chi connectivity index (χ1v) is 9.19. The molecule has 1 amide bonds. The van der Waals surface area contributed by atoms with Gasteiger partial charge in [0.25, 0.3) is 5.91 Å². The van der Waals surface area contributed by atoms with Crippen LogP contribution in [0.25, 0.3) is 0 Å². The normalized spacial score (nSPS) is 20.4. The Morgan fingerprint density at radius 2 is 2.19 bits per heavy atom. The Kier molecular flexibility index (Phi) is 4.98. The van der Waals surface area contributed by atoms with Crippen molar-refractivity contribution in [3.8, 4) is 0 Å². The highest BCUT2D eigenvalue weighted by Crippen LogP contribution is 2.20. The van der Waals surface area contributed by atoms with Gasteiger partial charge in [-0.15, -0.1) is 0 Å². The molecular formula is C15H22N2O3S. The lowest BCUT2D eigenvalue weighted by Gasteiger charge is -2.28. The van der Waals surface area contributed by atoms with Gasteiger partial charge in [0.1, 0.15) is 0 Å². The lowest BCUT2D eigenvalue weighted by Crippen LogP contribution is -2.41. The molecule has 0 spiro atoms. The van der Waals surface area contributed by atoms with Crippen LogP contribution < -0.4 is 0 Å².